The maximum Gasteiger partial charge on any atom is 0.242 e. The van der Waals surface area contributed by atoms with E-state index < -0.39 is 0 Å². The second-order valence-electron chi connectivity index (χ2n) is 4.52. The van der Waals surface area contributed by atoms with E-state index in [1.165, 1.54) is 0 Å². The highest BCUT2D eigenvalue weighted by molar-refractivity contribution is 5.84. The second kappa shape index (κ2) is 5.25. The van der Waals surface area contributed by atoms with E-state index in [9.17, 15) is 9.59 Å². The molecule has 2 amide bonds. The van der Waals surface area contributed by atoms with Crippen molar-refractivity contribution in [2.75, 3.05) is 13.1 Å². The molecule has 1 N–H and O–H groups in total. The highest BCUT2D eigenvalue weighted by Gasteiger charge is 2.27. The van der Waals surface area contributed by atoms with Crippen LogP contribution < -0.4 is 5.32 Å². The SMILES string of the molecule is CCC(=O)NCC(=O)N1CCn2cccc2[C@@H]1C. The number of nitrogens with zero attached hydrogens (tertiary/aromatic N) is 2. The van der Waals surface area contributed by atoms with Gasteiger partial charge < -0.3 is 14.8 Å². The van der Waals surface area contributed by atoms with Gasteiger partial charge in [-0.2, -0.15) is 0 Å². The van der Waals surface area contributed by atoms with Crippen LogP contribution in [0.25, 0.3) is 0 Å². The van der Waals surface area contributed by atoms with Crippen LogP contribution in [-0.4, -0.2) is 34.4 Å². The lowest BCUT2D eigenvalue weighted by Crippen LogP contribution is -2.45. The van der Waals surface area contributed by atoms with Crippen LogP contribution in [0, 0.1) is 0 Å². The zero-order chi connectivity index (χ0) is 13.1. The summed E-state index contributed by atoms with van der Waals surface area (Å²) >= 11 is 0. The summed E-state index contributed by atoms with van der Waals surface area (Å²) in [6.45, 7) is 5.41. The number of fused-ring (bicyclic) bond motifs is 1. The molecule has 0 unspecified atom stereocenters. The van der Waals surface area contributed by atoms with Gasteiger partial charge in [-0.1, -0.05) is 6.92 Å². The molecule has 0 aliphatic carbocycles. The van der Waals surface area contributed by atoms with Gasteiger partial charge in [0.15, 0.2) is 0 Å². The number of nitrogens with one attached hydrogen (secondary N) is 1. The average Bonchev–Trinajstić information content (AvgIpc) is 2.85. The summed E-state index contributed by atoms with van der Waals surface area (Å²) in [6.07, 6.45) is 2.44. The molecule has 0 radical (unpaired) electrons. The number of rotatable bonds is 3. The van der Waals surface area contributed by atoms with Crippen LogP contribution in [0.15, 0.2) is 18.3 Å². The molecule has 1 atom stereocenters. The van der Waals surface area contributed by atoms with Gasteiger partial charge in [-0.05, 0) is 19.1 Å². The molecule has 1 aromatic rings. The molecule has 0 saturated carbocycles. The fraction of sp³-hybridized carbons (Fsp3) is 0.538. The Balaban J connectivity index is 1.98. The summed E-state index contributed by atoms with van der Waals surface area (Å²) in [4.78, 5) is 25.0. The highest BCUT2D eigenvalue weighted by atomic mass is 16.2. The van der Waals surface area contributed by atoms with Crippen LogP contribution in [0.4, 0.5) is 0 Å². The zero-order valence-corrected chi connectivity index (χ0v) is 10.8. The van der Waals surface area contributed by atoms with Crippen molar-refractivity contribution < 1.29 is 9.59 Å². The monoisotopic (exact) mass is 249 g/mol. The van der Waals surface area contributed by atoms with E-state index in [-0.39, 0.29) is 24.4 Å². The van der Waals surface area contributed by atoms with Crippen LogP contribution in [-0.2, 0) is 16.1 Å². The van der Waals surface area contributed by atoms with Gasteiger partial charge in [-0.3, -0.25) is 9.59 Å². The van der Waals surface area contributed by atoms with Crippen molar-refractivity contribution in [2.45, 2.75) is 32.9 Å². The number of amides is 2. The number of hydrogen-bond acceptors (Lipinski definition) is 2. The second-order valence-corrected chi connectivity index (χ2v) is 4.52. The van der Waals surface area contributed by atoms with Gasteiger partial charge in [0, 0.05) is 31.4 Å². The van der Waals surface area contributed by atoms with Gasteiger partial charge in [0.2, 0.25) is 11.8 Å². The van der Waals surface area contributed by atoms with Crippen LogP contribution in [0.1, 0.15) is 32.0 Å². The first kappa shape index (κ1) is 12.7. The first-order valence-corrected chi connectivity index (χ1v) is 6.34. The Morgan fingerprint density at radius 1 is 1.44 bits per heavy atom. The lowest BCUT2D eigenvalue weighted by Gasteiger charge is -2.35. The van der Waals surface area contributed by atoms with Crippen LogP contribution in [0.5, 0.6) is 0 Å². The van der Waals surface area contributed by atoms with Crippen molar-refractivity contribution in [3.8, 4) is 0 Å². The largest absolute Gasteiger partial charge is 0.348 e. The maximum atomic E-state index is 12.1. The average molecular weight is 249 g/mol. The van der Waals surface area contributed by atoms with Crippen LogP contribution in [0.3, 0.4) is 0 Å². The van der Waals surface area contributed by atoms with E-state index >= 15 is 0 Å². The summed E-state index contributed by atoms with van der Waals surface area (Å²) in [7, 11) is 0. The van der Waals surface area contributed by atoms with E-state index in [4.69, 9.17) is 0 Å². The van der Waals surface area contributed by atoms with Crippen LogP contribution >= 0.6 is 0 Å². The molecule has 5 heteroatoms. The first-order chi connectivity index (χ1) is 8.63. The maximum absolute atomic E-state index is 12.1. The van der Waals surface area contributed by atoms with E-state index in [2.05, 4.69) is 9.88 Å². The Hall–Kier alpha value is -1.78. The Labute approximate surface area is 107 Å². The third kappa shape index (κ3) is 2.39. The van der Waals surface area contributed by atoms with Crippen molar-refractivity contribution in [2.24, 2.45) is 0 Å². The van der Waals surface area contributed by atoms with E-state index in [0.29, 0.717) is 13.0 Å². The molecule has 1 aliphatic heterocycles. The van der Waals surface area contributed by atoms with Gasteiger partial charge in [-0.15, -0.1) is 0 Å². The third-order valence-corrected chi connectivity index (χ3v) is 3.42. The van der Waals surface area contributed by atoms with Gasteiger partial charge in [0.25, 0.3) is 0 Å². The molecule has 5 nitrogen and oxygen atoms in total. The molecule has 2 heterocycles. The van der Waals surface area contributed by atoms with Crippen molar-refractivity contribution >= 4 is 11.8 Å². The summed E-state index contributed by atoms with van der Waals surface area (Å²) in [6, 6.07) is 4.10. The predicted molar refractivity (Wildman–Crippen MR) is 67.9 cm³/mol. The number of carbonyl (C=O) groups excluding carboxylic acids is 2. The molecule has 2 rings (SSSR count). The van der Waals surface area contributed by atoms with Crippen molar-refractivity contribution in [1.29, 1.82) is 0 Å². The summed E-state index contributed by atoms with van der Waals surface area (Å²) in [5.41, 5.74) is 1.15. The first-order valence-electron chi connectivity index (χ1n) is 6.34. The summed E-state index contributed by atoms with van der Waals surface area (Å²) in [5, 5.41) is 2.63. The van der Waals surface area contributed by atoms with Gasteiger partial charge in [0.1, 0.15) is 0 Å². The zero-order valence-electron chi connectivity index (χ0n) is 10.8. The minimum absolute atomic E-state index is 0.0169. The molecule has 1 aliphatic rings. The van der Waals surface area contributed by atoms with Gasteiger partial charge in [0.05, 0.1) is 12.6 Å². The van der Waals surface area contributed by atoms with Crippen LogP contribution in [0.2, 0.25) is 0 Å². The smallest absolute Gasteiger partial charge is 0.242 e. The van der Waals surface area contributed by atoms with Crippen molar-refractivity contribution in [1.82, 2.24) is 14.8 Å². The Kier molecular flexibility index (Phi) is 3.69. The standard InChI is InChI=1S/C13H19N3O2/c1-3-12(17)14-9-13(18)16-8-7-15-6-4-5-11(15)10(16)2/h4-6,10H,3,7-9H2,1-2H3,(H,14,17)/t10-/m0/s1. The molecule has 18 heavy (non-hydrogen) atoms. The lowest BCUT2D eigenvalue weighted by molar-refractivity contribution is -0.135. The molecular formula is C13H19N3O2. The topological polar surface area (TPSA) is 54.3 Å². The van der Waals surface area contributed by atoms with Crippen molar-refractivity contribution in [3.63, 3.8) is 0 Å². The molecule has 98 valence electrons. The predicted octanol–water partition coefficient (Wildman–Crippen LogP) is 0.917. The minimum atomic E-state index is -0.0867. The van der Waals surface area contributed by atoms with Gasteiger partial charge >= 0.3 is 0 Å². The normalized spacial score (nSPS) is 18.3. The number of carbonyl (C=O) groups is 2. The van der Waals surface area contributed by atoms with E-state index in [0.717, 1.165) is 12.2 Å². The molecule has 0 saturated heterocycles. The van der Waals surface area contributed by atoms with Gasteiger partial charge in [-0.25, -0.2) is 0 Å². The minimum Gasteiger partial charge on any atom is -0.348 e. The molecule has 0 bridgehead atoms. The molecule has 0 aromatic carbocycles. The Morgan fingerprint density at radius 3 is 2.94 bits per heavy atom. The van der Waals surface area contributed by atoms with E-state index in [1.807, 2.05) is 30.2 Å². The third-order valence-electron chi connectivity index (χ3n) is 3.42. The number of aromatic nitrogens is 1. The fourth-order valence-electron chi connectivity index (χ4n) is 2.32. The van der Waals surface area contributed by atoms with E-state index in [1.54, 1.807) is 6.92 Å². The fourth-order valence-corrected chi connectivity index (χ4v) is 2.32. The van der Waals surface area contributed by atoms with Crippen molar-refractivity contribution in [3.05, 3.63) is 24.0 Å². The molecule has 0 spiro atoms. The summed E-state index contributed by atoms with van der Waals surface area (Å²) in [5.74, 6) is -0.104. The highest BCUT2D eigenvalue weighted by Crippen LogP contribution is 2.24. The molecular weight excluding hydrogens is 230 g/mol. The Morgan fingerprint density at radius 2 is 2.22 bits per heavy atom. The molecule has 0 fully saturated rings. The number of hydrogen-bond donors (Lipinski definition) is 1. The summed E-state index contributed by atoms with van der Waals surface area (Å²) < 4.78 is 2.17. The Bertz CT molecular complexity index is 453. The quantitative estimate of drug-likeness (QED) is 0.866. The molecule has 1 aromatic heterocycles. The lowest BCUT2D eigenvalue weighted by atomic mass is 10.1.